The van der Waals surface area contributed by atoms with Gasteiger partial charge in [-0.05, 0) is 50.7 Å². The molecule has 0 fully saturated rings. The summed E-state index contributed by atoms with van der Waals surface area (Å²) in [6.07, 6.45) is 10.4. The minimum absolute atomic E-state index is 0. The molecule has 0 aromatic carbocycles. The quantitative estimate of drug-likeness (QED) is 0.292. The maximum atomic E-state index is 5.14. The molecule has 0 radical (unpaired) electrons. The summed E-state index contributed by atoms with van der Waals surface area (Å²) in [5, 5.41) is 6.71. The van der Waals surface area contributed by atoms with E-state index < -0.39 is 0 Å². The number of halogens is 1. The van der Waals surface area contributed by atoms with Crippen LogP contribution in [0, 0.1) is 0 Å². The Balaban J connectivity index is 0.00000288. The van der Waals surface area contributed by atoms with Gasteiger partial charge >= 0.3 is 0 Å². The van der Waals surface area contributed by atoms with Crippen molar-refractivity contribution in [1.29, 1.82) is 0 Å². The Morgan fingerprint density at radius 2 is 2.21 bits per heavy atom. The fourth-order valence-corrected chi connectivity index (χ4v) is 2.65. The Hall–Kier alpha value is -1.31. The van der Waals surface area contributed by atoms with Gasteiger partial charge in [0, 0.05) is 25.4 Å². The van der Waals surface area contributed by atoms with Gasteiger partial charge in [0.15, 0.2) is 5.96 Å². The van der Waals surface area contributed by atoms with Crippen LogP contribution in [0.2, 0.25) is 0 Å². The summed E-state index contributed by atoms with van der Waals surface area (Å²) in [6, 6.07) is 3.88. The lowest BCUT2D eigenvalue weighted by Crippen LogP contribution is -2.37. The molecule has 1 aliphatic rings. The number of nitrogens with one attached hydrogen (secondary N) is 2. The van der Waals surface area contributed by atoms with E-state index in [1.54, 1.807) is 18.9 Å². The van der Waals surface area contributed by atoms with Crippen LogP contribution in [0.15, 0.2) is 35.0 Å². The number of aromatic nitrogens is 1. The zero-order chi connectivity index (χ0) is 16.3. The van der Waals surface area contributed by atoms with Gasteiger partial charge < -0.3 is 15.4 Å². The summed E-state index contributed by atoms with van der Waals surface area (Å²) < 4.78 is 5.14. The molecule has 134 valence electrons. The molecule has 0 atom stereocenters. The SMILES string of the molecule is CCNC(=NCc1ccnc(OC)c1)NCCC1=CCCCC1.I. The van der Waals surface area contributed by atoms with Crippen LogP contribution in [0.1, 0.15) is 44.6 Å². The number of methoxy groups -OCH3 is 1. The topological polar surface area (TPSA) is 58.5 Å². The third-order valence-electron chi connectivity index (χ3n) is 3.90. The fourth-order valence-electron chi connectivity index (χ4n) is 2.65. The first-order chi connectivity index (χ1) is 11.3. The zero-order valence-electron chi connectivity index (χ0n) is 14.7. The molecule has 1 heterocycles. The Labute approximate surface area is 162 Å². The van der Waals surface area contributed by atoms with E-state index in [0.29, 0.717) is 12.4 Å². The summed E-state index contributed by atoms with van der Waals surface area (Å²) in [4.78, 5) is 8.75. The van der Waals surface area contributed by atoms with Gasteiger partial charge in [-0.3, -0.25) is 0 Å². The van der Waals surface area contributed by atoms with Crippen LogP contribution in [-0.2, 0) is 6.54 Å². The molecule has 24 heavy (non-hydrogen) atoms. The highest BCUT2D eigenvalue weighted by Crippen LogP contribution is 2.19. The number of ether oxygens (including phenoxy) is 1. The minimum Gasteiger partial charge on any atom is -0.481 e. The van der Waals surface area contributed by atoms with E-state index in [9.17, 15) is 0 Å². The van der Waals surface area contributed by atoms with Gasteiger partial charge in [-0.25, -0.2) is 9.98 Å². The molecule has 0 aliphatic heterocycles. The number of aliphatic imine (C=N–C) groups is 1. The lowest BCUT2D eigenvalue weighted by atomic mass is 9.97. The standard InChI is InChI=1S/C18H28N4O.HI/c1-3-19-18(21-12-9-15-7-5-4-6-8-15)22-14-16-10-11-20-17(13-16)23-2;/h7,10-11,13H,3-6,8-9,12,14H2,1-2H3,(H2,19,21,22);1H. The van der Waals surface area contributed by atoms with Crippen LogP contribution < -0.4 is 15.4 Å². The Bertz CT molecular complexity index is 546. The third kappa shape index (κ3) is 7.51. The summed E-state index contributed by atoms with van der Waals surface area (Å²) >= 11 is 0. The van der Waals surface area contributed by atoms with Gasteiger partial charge in [-0.1, -0.05) is 11.6 Å². The second-order valence-electron chi connectivity index (χ2n) is 5.69. The van der Waals surface area contributed by atoms with Crippen molar-refractivity contribution >= 4 is 29.9 Å². The van der Waals surface area contributed by atoms with Gasteiger partial charge in [0.1, 0.15) is 0 Å². The van der Waals surface area contributed by atoms with Gasteiger partial charge in [0.05, 0.1) is 13.7 Å². The lowest BCUT2D eigenvalue weighted by molar-refractivity contribution is 0.397. The first-order valence-corrected chi connectivity index (χ1v) is 8.51. The maximum absolute atomic E-state index is 5.14. The molecule has 0 unspecified atom stereocenters. The number of rotatable bonds is 7. The molecule has 6 heteroatoms. The van der Waals surface area contributed by atoms with E-state index in [-0.39, 0.29) is 24.0 Å². The van der Waals surface area contributed by atoms with Gasteiger partial charge in [0.2, 0.25) is 5.88 Å². The molecule has 0 saturated heterocycles. The van der Waals surface area contributed by atoms with Crippen molar-refractivity contribution in [2.24, 2.45) is 4.99 Å². The van der Waals surface area contributed by atoms with Crippen molar-refractivity contribution in [2.45, 2.75) is 45.6 Å². The predicted molar refractivity (Wildman–Crippen MR) is 110 cm³/mol. The van der Waals surface area contributed by atoms with Crippen LogP contribution in [-0.4, -0.2) is 31.1 Å². The van der Waals surface area contributed by atoms with Gasteiger partial charge in [0.25, 0.3) is 0 Å². The number of pyridine rings is 1. The number of hydrogen-bond acceptors (Lipinski definition) is 3. The summed E-state index contributed by atoms with van der Waals surface area (Å²) in [6.45, 7) is 4.47. The van der Waals surface area contributed by atoms with Crippen LogP contribution in [0.25, 0.3) is 0 Å². The largest absolute Gasteiger partial charge is 0.481 e. The van der Waals surface area contributed by atoms with Crippen LogP contribution in [0.4, 0.5) is 0 Å². The predicted octanol–water partition coefficient (Wildman–Crippen LogP) is 3.65. The normalized spacial score (nSPS) is 14.4. The van der Waals surface area contributed by atoms with E-state index in [1.165, 1.54) is 25.7 Å². The van der Waals surface area contributed by atoms with Crippen LogP contribution >= 0.6 is 24.0 Å². The van der Waals surface area contributed by atoms with E-state index in [0.717, 1.165) is 31.0 Å². The molecular formula is C18H29IN4O. The molecule has 5 nitrogen and oxygen atoms in total. The molecule has 1 aromatic heterocycles. The van der Waals surface area contributed by atoms with Crippen molar-refractivity contribution in [3.63, 3.8) is 0 Å². The number of guanidine groups is 1. The average Bonchev–Trinajstić information content (AvgIpc) is 2.61. The number of allylic oxidation sites excluding steroid dienone is 1. The molecule has 1 aromatic rings. The van der Waals surface area contributed by atoms with E-state index in [2.05, 4.69) is 33.6 Å². The highest BCUT2D eigenvalue weighted by atomic mass is 127. The summed E-state index contributed by atoms with van der Waals surface area (Å²) in [5.74, 6) is 1.49. The Kier molecular flexibility index (Phi) is 10.5. The molecule has 0 saturated carbocycles. The number of hydrogen-bond donors (Lipinski definition) is 2. The second kappa shape index (κ2) is 12.1. The van der Waals surface area contributed by atoms with Crippen molar-refractivity contribution in [3.8, 4) is 5.88 Å². The first-order valence-electron chi connectivity index (χ1n) is 8.51. The average molecular weight is 444 g/mol. The van der Waals surface area contributed by atoms with E-state index in [1.807, 2.05) is 12.1 Å². The second-order valence-corrected chi connectivity index (χ2v) is 5.69. The zero-order valence-corrected chi connectivity index (χ0v) is 17.0. The minimum atomic E-state index is 0. The lowest BCUT2D eigenvalue weighted by Gasteiger charge is -2.15. The summed E-state index contributed by atoms with van der Waals surface area (Å²) in [7, 11) is 1.63. The van der Waals surface area contributed by atoms with Crippen LogP contribution in [0.5, 0.6) is 5.88 Å². The van der Waals surface area contributed by atoms with Gasteiger partial charge in [-0.15, -0.1) is 24.0 Å². The van der Waals surface area contributed by atoms with Crippen molar-refractivity contribution in [2.75, 3.05) is 20.2 Å². The maximum Gasteiger partial charge on any atom is 0.213 e. The first kappa shape index (κ1) is 20.7. The molecule has 0 bridgehead atoms. The molecule has 0 spiro atoms. The van der Waals surface area contributed by atoms with E-state index in [4.69, 9.17) is 4.74 Å². The molecule has 0 amide bonds. The molecule has 2 N–H and O–H groups in total. The Morgan fingerprint density at radius 1 is 1.33 bits per heavy atom. The molecular weight excluding hydrogens is 415 g/mol. The van der Waals surface area contributed by atoms with Gasteiger partial charge in [-0.2, -0.15) is 0 Å². The van der Waals surface area contributed by atoms with Crippen molar-refractivity contribution in [3.05, 3.63) is 35.5 Å². The fraction of sp³-hybridized carbons (Fsp3) is 0.556. The van der Waals surface area contributed by atoms with Crippen LogP contribution in [0.3, 0.4) is 0 Å². The van der Waals surface area contributed by atoms with Crippen molar-refractivity contribution in [1.82, 2.24) is 15.6 Å². The molecule has 2 rings (SSSR count). The molecule has 1 aliphatic carbocycles. The number of nitrogens with zero attached hydrogens (tertiary/aromatic N) is 2. The smallest absolute Gasteiger partial charge is 0.213 e. The van der Waals surface area contributed by atoms with E-state index >= 15 is 0 Å². The van der Waals surface area contributed by atoms with Crippen molar-refractivity contribution < 1.29 is 4.74 Å². The monoisotopic (exact) mass is 444 g/mol. The summed E-state index contributed by atoms with van der Waals surface area (Å²) in [5.41, 5.74) is 2.67. The third-order valence-corrected chi connectivity index (χ3v) is 3.90. The highest BCUT2D eigenvalue weighted by molar-refractivity contribution is 14.0. The highest BCUT2D eigenvalue weighted by Gasteiger charge is 2.04. The Morgan fingerprint density at radius 3 is 2.92 bits per heavy atom.